The molecular formula is C17H23FN2O4. The zero-order valence-electron chi connectivity index (χ0n) is 13.6. The molecule has 1 amide bonds. The number of piperazine rings is 1. The van der Waals surface area contributed by atoms with Gasteiger partial charge in [0.2, 0.25) is 0 Å². The first-order chi connectivity index (χ1) is 11.5. The van der Waals surface area contributed by atoms with Crippen molar-refractivity contribution in [1.82, 2.24) is 9.80 Å². The van der Waals surface area contributed by atoms with Crippen LogP contribution in [-0.4, -0.2) is 66.1 Å². The Hall–Kier alpha value is -2.15. The second-order valence-corrected chi connectivity index (χ2v) is 5.82. The van der Waals surface area contributed by atoms with E-state index in [1.54, 1.807) is 4.90 Å². The van der Waals surface area contributed by atoms with Crippen LogP contribution in [0.4, 0.5) is 4.39 Å². The normalized spacial score (nSPS) is 15.3. The van der Waals surface area contributed by atoms with Crippen molar-refractivity contribution in [2.24, 2.45) is 0 Å². The molecule has 1 fully saturated rings. The number of carbonyl (C=O) groups is 2. The van der Waals surface area contributed by atoms with Crippen molar-refractivity contribution in [3.8, 4) is 5.75 Å². The maximum atomic E-state index is 12.8. The highest BCUT2D eigenvalue weighted by Crippen LogP contribution is 2.11. The van der Waals surface area contributed by atoms with Crippen molar-refractivity contribution in [3.63, 3.8) is 0 Å². The van der Waals surface area contributed by atoms with Crippen molar-refractivity contribution >= 4 is 11.9 Å². The van der Waals surface area contributed by atoms with E-state index in [9.17, 15) is 14.0 Å². The lowest BCUT2D eigenvalue weighted by atomic mass is 10.2. The molecule has 24 heavy (non-hydrogen) atoms. The van der Waals surface area contributed by atoms with Gasteiger partial charge in [-0.15, -0.1) is 0 Å². The molecule has 1 heterocycles. The largest absolute Gasteiger partial charge is 0.484 e. The third kappa shape index (κ3) is 6.16. The van der Waals surface area contributed by atoms with Crippen LogP contribution in [-0.2, 0) is 9.59 Å². The third-order valence-corrected chi connectivity index (χ3v) is 4.02. The van der Waals surface area contributed by atoms with E-state index in [1.165, 1.54) is 24.3 Å². The minimum absolute atomic E-state index is 0.0513. The van der Waals surface area contributed by atoms with Crippen LogP contribution in [0.2, 0.25) is 0 Å². The Labute approximate surface area is 140 Å². The molecular weight excluding hydrogens is 315 g/mol. The van der Waals surface area contributed by atoms with Crippen LogP contribution in [0.25, 0.3) is 0 Å². The van der Waals surface area contributed by atoms with Crippen molar-refractivity contribution in [2.75, 3.05) is 39.3 Å². The van der Waals surface area contributed by atoms with Crippen molar-refractivity contribution in [1.29, 1.82) is 0 Å². The molecule has 0 radical (unpaired) electrons. The Morgan fingerprint density at radius 3 is 2.38 bits per heavy atom. The van der Waals surface area contributed by atoms with Gasteiger partial charge >= 0.3 is 5.97 Å². The molecule has 2 rings (SSSR count). The number of carbonyl (C=O) groups excluding carboxylic acids is 1. The first-order valence-electron chi connectivity index (χ1n) is 8.15. The standard InChI is InChI=1S/C17H23FN2O4/c18-14-4-6-15(7-5-14)24-13-16(21)20-11-9-19(10-12-20)8-2-1-3-17(22)23/h4-7H,1-3,8-13H2,(H,22,23). The number of hydrogen-bond acceptors (Lipinski definition) is 4. The fourth-order valence-electron chi connectivity index (χ4n) is 2.60. The highest BCUT2D eigenvalue weighted by molar-refractivity contribution is 5.77. The molecule has 0 spiro atoms. The Morgan fingerprint density at radius 1 is 1.08 bits per heavy atom. The summed E-state index contributed by atoms with van der Waals surface area (Å²) in [5.74, 6) is -0.702. The second kappa shape index (κ2) is 9.22. The van der Waals surface area contributed by atoms with Gasteiger partial charge in [0.1, 0.15) is 11.6 Å². The van der Waals surface area contributed by atoms with Gasteiger partial charge in [0, 0.05) is 32.6 Å². The van der Waals surface area contributed by atoms with E-state index in [-0.39, 0.29) is 24.8 Å². The SMILES string of the molecule is O=C(O)CCCCN1CCN(C(=O)COc2ccc(F)cc2)CC1. The summed E-state index contributed by atoms with van der Waals surface area (Å²) in [6, 6.07) is 5.58. The number of ether oxygens (including phenoxy) is 1. The number of nitrogens with zero attached hydrogens (tertiary/aromatic N) is 2. The van der Waals surface area contributed by atoms with Gasteiger partial charge in [-0.1, -0.05) is 0 Å². The maximum Gasteiger partial charge on any atom is 0.303 e. The van der Waals surface area contributed by atoms with Gasteiger partial charge < -0.3 is 14.7 Å². The number of amides is 1. The van der Waals surface area contributed by atoms with Crippen LogP contribution < -0.4 is 4.74 Å². The predicted octanol–water partition coefficient (Wildman–Crippen LogP) is 1.60. The van der Waals surface area contributed by atoms with Gasteiger partial charge in [-0.3, -0.25) is 14.5 Å². The third-order valence-electron chi connectivity index (χ3n) is 4.02. The quantitative estimate of drug-likeness (QED) is 0.729. The van der Waals surface area contributed by atoms with Crippen LogP contribution in [0.5, 0.6) is 5.75 Å². The van der Waals surface area contributed by atoms with E-state index in [2.05, 4.69) is 4.90 Å². The topological polar surface area (TPSA) is 70.1 Å². The molecule has 0 atom stereocenters. The summed E-state index contributed by atoms with van der Waals surface area (Å²) in [7, 11) is 0. The van der Waals surface area contributed by atoms with Gasteiger partial charge in [0.15, 0.2) is 6.61 Å². The zero-order chi connectivity index (χ0) is 17.4. The Balaban J connectivity index is 1.63. The van der Waals surface area contributed by atoms with Crippen molar-refractivity contribution in [2.45, 2.75) is 19.3 Å². The summed E-state index contributed by atoms with van der Waals surface area (Å²) >= 11 is 0. The predicted molar refractivity (Wildman–Crippen MR) is 86.4 cm³/mol. The number of rotatable bonds is 8. The van der Waals surface area contributed by atoms with Crippen LogP contribution in [0.1, 0.15) is 19.3 Å². The molecule has 1 aromatic rings. The van der Waals surface area contributed by atoms with Crippen LogP contribution in [0, 0.1) is 5.82 Å². The highest BCUT2D eigenvalue weighted by atomic mass is 19.1. The molecule has 0 bridgehead atoms. The fourth-order valence-corrected chi connectivity index (χ4v) is 2.60. The van der Waals surface area contributed by atoms with E-state index < -0.39 is 5.97 Å². The number of aliphatic carboxylic acids is 1. The van der Waals surface area contributed by atoms with Gasteiger partial charge in [-0.2, -0.15) is 0 Å². The molecule has 0 aliphatic carbocycles. The molecule has 0 aromatic heterocycles. The Bertz CT molecular complexity index is 542. The molecule has 6 nitrogen and oxygen atoms in total. The summed E-state index contributed by atoms with van der Waals surface area (Å²) in [4.78, 5) is 26.6. The molecule has 1 aliphatic heterocycles. The van der Waals surface area contributed by atoms with Crippen LogP contribution in [0.15, 0.2) is 24.3 Å². The molecule has 7 heteroatoms. The Kier molecular flexibility index (Phi) is 6.99. The smallest absolute Gasteiger partial charge is 0.303 e. The average molecular weight is 338 g/mol. The molecule has 1 aliphatic rings. The summed E-state index contributed by atoms with van der Waals surface area (Å²) in [5.41, 5.74) is 0. The van der Waals surface area contributed by atoms with Crippen molar-refractivity contribution in [3.05, 3.63) is 30.1 Å². The summed E-state index contributed by atoms with van der Waals surface area (Å²) in [6.07, 6.45) is 1.74. The van der Waals surface area contributed by atoms with Crippen molar-refractivity contribution < 1.29 is 23.8 Å². The zero-order valence-corrected chi connectivity index (χ0v) is 13.6. The lowest BCUT2D eigenvalue weighted by Crippen LogP contribution is -2.50. The molecule has 0 unspecified atom stereocenters. The van der Waals surface area contributed by atoms with E-state index in [0.717, 1.165) is 26.1 Å². The number of halogens is 1. The fraction of sp³-hybridized carbons (Fsp3) is 0.529. The number of carboxylic acids is 1. The number of hydrogen-bond donors (Lipinski definition) is 1. The molecule has 1 aromatic carbocycles. The summed E-state index contributed by atoms with van der Waals surface area (Å²) in [5, 5.41) is 8.60. The van der Waals surface area contributed by atoms with Gasteiger partial charge in [0.05, 0.1) is 0 Å². The highest BCUT2D eigenvalue weighted by Gasteiger charge is 2.21. The van der Waals surface area contributed by atoms with Gasteiger partial charge in [-0.05, 0) is 43.7 Å². The molecule has 1 N–H and O–H groups in total. The minimum atomic E-state index is -0.758. The maximum absolute atomic E-state index is 12.8. The van der Waals surface area contributed by atoms with Gasteiger partial charge in [-0.25, -0.2) is 4.39 Å². The Morgan fingerprint density at radius 2 is 1.75 bits per heavy atom. The van der Waals surface area contributed by atoms with Crippen LogP contribution >= 0.6 is 0 Å². The van der Waals surface area contributed by atoms with E-state index >= 15 is 0 Å². The molecule has 132 valence electrons. The van der Waals surface area contributed by atoms with E-state index in [4.69, 9.17) is 9.84 Å². The first-order valence-corrected chi connectivity index (χ1v) is 8.15. The van der Waals surface area contributed by atoms with E-state index in [0.29, 0.717) is 25.3 Å². The van der Waals surface area contributed by atoms with E-state index in [1.807, 2.05) is 0 Å². The monoisotopic (exact) mass is 338 g/mol. The summed E-state index contributed by atoms with van der Waals surface area (Å²) < 4.78 is 18.2. The number of carboxylic acid groups (broad SMARTS) is 1. The second-order valence-electron chi connectivity index (χ2n) is 5.82. The lowest BCUT2D eigenvalue weighted by Gasteiger charge is -2.34. The van der Waals surface area contributed by atoms with Crippen LogP contribution in [0.3, 0.4) is 0 Å². The summed E-state index contributed by atoms with van der Waals surface area (Å²) in [6.45, 7) is 3.67. The number of unbranched alkanes of at least 4 members (excludes halogenated alkanes) is 1. The van der Waals surface area contributed by atoms with Gasteiger partial charge in [0.25, 0.3) is 5.91 Å². The molecule has 1 saturated heterocycles. The number of benzene rings is 1. The minimum Gasteiger partial charge on any atom is -0.484 e. The molecule has 0 saturated carbocycles. The average Bonchev–Trinajstić information content (AvgIpc) is 2.58. The first kappa shape index (κ1) is 18.2. The lowest BCUT2D eigenvalue weighted by molar-refractivity contribution is -0.137.